The molecule has 0 aliphatic rings. The average Bonchev–Trinajstić information content (AvgIpc) is 2.38. The molecule has 0 aromatic heterocycles. The van der Waals surface area contributed by atoms with E-state index in [1.165, 1.54) is 0 Å². The molecule has 0 radical (unpaired) electrons. The van der Waals surface area contributed by atoms with Crippen LogP contribution in [0.3, 0.4) is 0 Å². The minimum absolute atomic E-state index is 0.178. The molecule has 0 saturated carbocycles. The highest BCUT2D eigenvalue weighted by Gasteiger charge is 2.17. The first-order valence-corrected chi connectivity index (χ1v) is 6.85. The first-order chi connectivity index (χ1) is 9.06. The maximum atomic E-state index is 12.1. The number of methoxy groups -OCH3 is 1. The highest BCUT2D eigenvalue weighted by molar-refractivity contribution is 5.89. The Kier molecular flexibility index (Phi) is 6.57. The first kappa shape index (κ1) is 15.7. The van der Waals surface area contributed by atoms with E-state index in [9.17, 15) is 4.79 Å². The summed E-state index contributed by atoms with van der Waals surface area (Å²) < 4.78 is 10.6. The van der Waals surface area contributed by atoms with Gasteiger partial charge in [-0.1, -0.05) is 32.9 Å². The van der Waals surface area contributed by atoms with Crippen LogP contribution in [0, 0.1) is 5.92 Å². The van der Waals surface area contributed by atoms with Crippen molar-refractivity contribution in [3.05, 3.63) is 35.4 Å². The normalized spacial score (nSPS) is 12.5. The summed E-state index contributed by atoms with van der Waals surface area (Å²) in [5, 5.41) is 0. The van der Waals surface area contributed by atoms with Gasteiger partial charge in [-0.25, -0.2) is 4.79 Å². The SMILES string of the molecule is CCc1cccc(C(=O)OC(COC)CC(C)C)c1. The largest absolute Gasteiger partial charge is 0.456 e. The van der Waals surface area contributed by atoms with Crippen molar-refractivity contribution in [3.63, 3.8) is 0 Å². The monoisotopic (exact) mass is 264 g/mol. The zero-order valence-corrected chi connectivity index (χ0v) is 12.3. The lowest BCUT2D eigenvalue weighted by atomic mass is 10.1. The lowest BCUT2D eigenvalue weighted by molar-refractivity contribution is -0.000688. The molecular formula is C16H24O3. The molecule has 0 N–H and O–H groups in total. The fourth-order valence-corrected chi connectivity index (χ4v) is 2.00. The molecule has 0 fully saturated rings. The average molecular weight is 264 g/mol. The highest BCUT2D eigenvalue weighted by Crippen LogP contribution is 2.13. The van der Waals surface area contributed by atoms with Gasteiger partial charge in [-0.2, -0.15) is 0 Å². The molecular weight excluding hydrogens is 240 g/mol. The third kappa shape index (κ3) is 5.43. The van der Waals surface area contributed by atoms with E-state index >= 15 is 0 Å². The second kappa shape index (κ2) is 7.95. The summed E-state index contributed by atoms with van der Waals surface area (Å²) in [7, 11) is 1.62. The van der Waals surface area contributed by atoms with Crippen LogP contribution in [0.2, 0.25) is 0 Å². The predicted octanol–water partition coefficient (Wildman–Crippen LogP) is 3.47. The number of hydrogen-bond acceptors (Lipinski definition) is 3. The van der Waals surface area contributed by atoms with E-state index in [-0.39, 0.29) is 12.1 Å². The fraction of sp³-hybridized carbons (Fsp3) is 0.562. The Morgan fingerprint density at radius 1 is 1.32 bits per heavy atom. The summed E-state index contributed by atoms with van der Waals surface area (Å²) in [4.78, 5) is 12.1. The van der Waals surface area contributed by atoms with Crippen LogP contribution in [0.5, 0.6) is 0 Å². The Balaban J connectivity index is 2.69. The van der Waals surface area contributed by atoms with Crippen molar-refractivity contribution in [2.45, 2.75) is 39.7 Å². The van der Waals surface area contributed by atoms with Gasteiger partial charge in [0.1, 0.15) is 6.10 Å². The van der Waals surface area contributed by atoms with Crippen molar-refractivity contribution < 1.29 is 14.3 Å². The Morgan fingerprint density at radius 2 is 2.05 bits per heavy atom. The number of carbonyl (C=O) groups is 1. The quantitative estimate of drug-likeness (QED) is 0.707. The van der Waals surface area contributed by atoms with E-state index in [1.807, 2.05) is 18.2 Å². The standard InChI is InChI=1S/C16H24O3/c1-5-13-7-6-8-14(10-13)16(17)19-15(11-18-4)9-12(2)3/h6-8,10,12,15H,5,9,11H2,1-4H3. The van der Waals surface area contributed by atoms with E-state index in [1.54, 1.807) is 13.2 Å². The Morgan fingerprint density at radius 3 is 2.63 bits per heavy atom. The van der Waals surface area contributed by atoms with Gasteiger partial charge in [0, 0.05) is 7.11 Å². The van der Waals surface area contributed by atoms with Crippen LogP contribution < -0.4 is 0 Å². The number of aryl methyl sites for hydroxylation is 1. The van der Waals surface area contributed by atoms with Gasteiger partial charge in [0.15, 0.2) is 0 Å². The van der Waals surface area contributed by atoms with Crippen LogP contribution in [0.4, 0.5) is 0 Å². The van der Waals surface area contributed by atoms with E-state index < -0.39 is 0 Å². The van der Waals surface area contributed by atoms with Crippen molar-refractivity contribution in [2.24, 2.45) is 5.92 Å². The van der Waals surface area contributed by atoms with Crippen LogP contribution >= 0.6 is 0 Å². The number of benzene rings is 1. The second-order valence-corrected chi connectivity index (χ2v) is 5.17. The minimum Gasteiger partial charge on any atom is -0.456 e. The number of esters is 1. The van der Waals surface area contributed by atoms with Crippen LogP contribution in [-0.2, 0) is 15.9 Å². The molecule has 0 aliphatic heterocycles. The zero-order valence-electron chi connectivity index (χ0n) is 12.3. The second-order valence-electron chi connectivity index (χ2n) is 5.17. The molecule has 0 amide bonds. The Bertz CT molecular complexity index is 399. The maximum absolute atomic E-state index is 12.1. The lowest BCUT2D eigenvalue weighted by Gasteiger charge is -2.19. The highest BCUT2D eigenvalue weighted by atomic mass is 16.6. The van der Waals surface area contributed by atoms with Gasteiger partial charge in [-0.05, 0) is 36.5 Å². The fourth-order valence-electron chi connectivity index (χ4n) is 2.00. The first-order valence-electron chi connectivity index (χ1n) is 6.85. The molecule has 19 heavy (non-hydrogen) atoms. The molecule has 0 bridgehead atoms. The van der Waals surface area contributed by atoms with Gasteiger partial charge in [0.2, 0.25) is 0 Å². The minimum atomic E-state index is -0.266. The molecule has 3 nitrogen and oxygen atoms in total. The van der Waals surface area contributed by atoms with Crippen LogP contribution in [-0.4, -0.2) is 25.8 Å². The third-order valence-corrected chi connectivity index (χ3v) is 2.93. The molecule has 0 aliphatic carbocycles. The van der Waals surface area contributed by atoms with Gasteiger partial charge in [0.25, 0.3) is 0 Å². The summed E-state index contributed by atoms with van der Waals surface area (Å²) in [5.41, 5.74) is 1.76. The lowest BCUT2D eigenvalue weighted by Crippen LogP contribution is -2.24. The molecule has 106 valence electrons. The molecule has 3 heteroatoms. The molecule has 1 aromatic rings. The van der Waals surface area contributed by atoms with Crippen molar-refractivity contribution in [1.29, 1.82) is 0 Å². The predicted molar refractivity (Wildman–Crippen MR) is 76.4 cm³/mol. The molecule has 1 atom stereocenters. The Hall–Kier alpha value is -1.35. The van der Waals surface area contributed by atoms with E-state index in [4.69, 9.17) is 9.47 Å². The summed E-state index contributed by atoms with van der Waals surface area (Å²) >= 11 is 0. The molecule has 0 heterocycles. The molecule has 1 unspecified atom stereocenters. The topological polar surface area (TPSA) is 35.5 Å². The van der Waals surface area contributed by atoms with Crippen molar-refractivity contribution >= 4 is 5.97 Å². The number of carbonyl (C=O) groups excluding carboxylic acids is 1. The van der Waals surface area contributed by atoms with Gasteiger partial charge in [-0.3, -0.25) is 0 Å². The zero-order chi connectivity index (χ0) is 14.3. The molecule has 1 rings (SSSR count). The van der Waals surface area contributed by atoms with Crippen LogP contribution in [0.1, 0.15) is 43.1 Å². The smallest absolute Gasteiger partial charge is 0.338 e. The van der Waals surface area contributed by atoms with Crippen molar-refractivity contribution in [2.75, 3.05) is 13.7 Å². The van der Waals surface area contributed by atoms with Gasteiger partial charge >= 0.3 is 5.97 Å². The molecule has 0 spiro atoms. The van der Waals surface area contributed by atoms with E-state index in [2.05, 4.69) is 20.8 Å². The Labute approximate surface area is 115 Å². The maximum Gasteiger partial charge on any atom is 0.338 e. The van der Waals surface area contributed by atoms with E-state index in [0.717, 1.165) is 18.4 Å². The van der Waals surface area contributed by atoms with Crippen molar-refractivity contribution in [1.82, 2.24) is 0 Å². The van der Waals surface area contributed by atoms with Crippen LogP contribution in [0.15, 0.2) is 24.3 Å². The third-order valence-electron chi connectivity index (χ3n) is 2.93. The van der Waals surface area contributed by atoms with E-state index in [0.29, 0.717) is 18.1 Å². The van der Waals surface area contributed by atoms with Crippen LogP contribution in [0.25, 0.3) is 0 Å². The van der Waals surface area contributed by atoms with Crippen molar-refractivity contribution in [3.8, 4) is 0 Å². The molecule has 0 saturated heterocycles. The van der Waals surface area contributed by atoms with Gasteiger partial charge in [0.05, 0.1) is 12.2 Å². The number of ether oxygens (including phenoxy) is 2. The van der Waals surface area contributed by atoms with Gasteiger partial charge in [-0.15, -0.1) is 0 Å². The summed E-state index contributed by atoms with van der Waals surface area (Å²) in [6.45, 7) is 6.72. The summed E-state index contributed by atoms with van der Waals surface area (Å²) in [5.74, 6) is 0.202. The number of rotatable bonds is 7. The van der Waals surface area contributed by atoms with Gasteiger partial charge < -0.3 is 9.47 Å². The summed E-state index contributed by atoms with van der Waals surface area (Å²) in [6, 6.07) is 7.59. The summed E-state index contributed by atoms with van der Waals surface area (Å²) in [6.07, 6.45) is 1.55. The number of hydrogen-bond donors (Lipinski definition) is 0. The molecule has 1 aromatic carbocycles.